The number of piperidine rings is 1. The first kappa shape index (κ1) is 25.2. The van der Waals surface area contributed by atoms with E-state index in [0.29, 0.717) is 12.6 Å². The zero-order valence-electron chi connectivity index (χ0n) is 18.1. The summed E-state index contributed by atoms with van der Waals surface area (Å²) in [5.74, 6) is 1.92. The van der Waals surface area contributed by atoms with Crippen LogP contribution >= 0.6 is 24.0 Å². The molecule has 0 bridgehead atoms. The molecule has 28 heavy (non-hydrogen) atoms. The maximum Gasteiger partial charge on any atom is 0.191 e. The lowest BCUT2D eigenvalue weighted by atomic mass is 10.1. The quantitative estimate of drug-likeness (QED) is 0.289. The van der Waals surface area contributed by atoms with Gasteiger partial charge in [0.15, 0.2) is 5.96 Å². The highest BCUT2D eigenvalue weighted by Gasteiger charge is 2.22. The fourth-order valence-electron chi connectivity index (χ4n) is 3.84. The summed E-state index contributed by atoms with van der Waals surface area (Å²) in [4.78, 5) is 9.88. The molecule has 2 N–H and O–H groups in total. The Hall–Kier alpha value is -0.800. The van der Waals surface area contributed by atoms with Crippen LogP contribution in [-0.2, 0) is 0 Å². The lowest BCUT2D eigenvalue weighted by Gasteiger charge is -2.33. The molecule has 162 valence electrons. The number of rotatable bonds is 10. The van der Waals surface area contributed by atoms with Crippen LogP contribution in [0.4, 0.5) is 0 Å². The molecule has 7 heteroatoms. The van der Waals surface area contributed by atoms with E-state index in [1.165, 1.54) is 38.9 Å². The number of nitrogens with one attached hydrogen (secondary N) is 2. The van der Waals surface area contributed by atoms with Crippen molar-refractivity contribution in [3.63, 3.8) is 0 Å². The Balaban J connectivity index is 0.00000392. The molecular weight excluding hydrogens is 465 g/mol. The lowest BCUT2D eigenvalue weighted by molar-refractivity contribution is 0.197. The molecule has 1 saturated heterocycles. The predicted octanol–water partition coefficient (Wildman–Crippen LogP) is 3.71. The van der Waals surface area contributed by atoms with Gasteiger partial charge in [-0.2, -0.15) is 0 Å². The summed E-state index contributed by atoms with van der Waals surface area (Å²) >= 11 is 0. The normalized spacial score (nSPS) is 17.4. The number of guanidine groups is 1. The molecule has 1 aromatic heterocycles. The van der Waals surface area contributed by atoms with Crippen molar-refractivity contribution in [1.29, 1.82) is 0 Å². The van der Waals surface area contributed by atoms with E-state index >= 15 is 0 Å². The van der Waals surface area contributed by atoms with E-state index in [1.54, 1.807) is 6.26 Å². The number of aliphatic imine (C=N–C) groups is 1. The summed E-state index contributed by atoms with van der Waals surface area (Å²) < 4.78 is 5.70. The van der Waals surface area contributed by atoms with Gasteiger partial charge in [0.05, 0.1) is 18.8 Å². The average Bonchev–Trinajstić information content (AvgIpc) is 3.21. The number of halogens is 1. The van der Waals surface area contributed by atoms with Crippen molar-refractivity contribution >= 4 is 29.9 Å². The summed E-state index contributed by atoms with van der Waals surface area (Å²) in [7, 11) is 0. The molecule has 1 aliphatic heterocycles. The van der Waals surface area contributed by atoms with Crippen molar-refractivity contribution in [3.8, 4) is 0 Å². The zero-order valence-corrected chi connectivity index (χ0v) is 20.4. The van der Waals surface area contributed by atoms with E-state index in [9.17, 15) is 0 Å². The van der Waals surface area contributed by atoms with Gasteiger partial charge in [0.2, 0.25) is 0 Å². The summed E-state index contributed by atoms with van der Waals surface area (Å²) in [6.45, 7) is 15.9. The van der Waals surface area contributed by atoms with Crippen molar-refractivity contribution in [2.75, 3.05) is 45.8 Å². The molecule has 0 radical (unpaired) electrons. The number of nitrogens with zero attached hydrogens (tertiary/aromatic N) is 3. The first-order valence-electron chi connectivity index (χ1n) is 10.8. The Bertz CT molecular complexity index is 525. The third-order valence-corrected chi connectivity index (χ3v) is 5.36. The van der Waals surface area contributed by atoms with Gasteiger partial charge in [-0.05, 0) is 58.0 Å². The Morgan fingerprint density at radius 1 is 1.25 bits per heavy atom. The SMILES string of the molecule is CCCN1CCC(NC(=NCC(c2ccco2)N(CC)CC)NCC)CC1.I. The average molecular weight is 505 g/mol. The van der Waals surface area contributed by atoms with Gasteiger partial charge < -0.3 is 20.0 Å². The first-order valence-corrected chi connectivity index (χ1v) is 10.8. The van der Waals surface area contributed by atoms with Crippen LogP contribution in [0.3, 0.4) is 0 Å². The number of hydrogen-bond donors (Lipinski definition) is 2. The molecule has 1 fully saturated rings. The molecule has 1 atom stereocenters. The highest BCUT2D eigenvalue weighted by molar-refractivity contribution is 14.0. The van der Waals surface area contributed by atoms with E-state index in [-0.39, 0.29) is 30.0 Å². The van der Waals surface area contributed by atoms with Crippen LogP contribution in [0.2, 0.25) is 0 Å². The van der Waals surface area contributed by atoms with Crippen LogP contribution in [0.5, 0.6) is 0 Å². The van der Waals surface area contributed by atoms with Crippen LogP contribution in [0.15, 0.2) is 27.8 Å². The van der Waals surface area contributed by atoms with Crippen LogP contribution in [-0.4, -0.2) is 67.6 Å². The van der Waals surface area contributed by atoms with Gasteiger partial charge in [0.25, 0.3) is 0 Å². The van der Waals surface area contributed by atoms with Gasteiger partial charge in [-0.25, -0.2) is 0 Å². The third-order valence-electron chi connectivity index (χ3n) is 5.36. The molecule has 2 rings (SSSR count). The van der Waals surface area contributed by atoms with Gasteiger partial charge >= 0.3 is 0 Å². The Morgan fingerprint density at radius 3 is 2.50 bits per heavy atom. The standard InChI is InChI=1S/C21H39N5O.HI/c1-5-13-25-14-11-18(12-15-25)24-21(22-6-2)23-17-19(26(7-3)8-4)20-10-9-16-27-20;/h9-10,16,18-19H,5-8,11-15,17H2,1-4H3,(H2,22,23,24);1H. The largest absolute Gasteiger partial charge is 0.468 e. The molecule has 0 amide bonds. The van der Waals surface area contributed by atoms with E-state index < -0.39 is 0 Å². The van der Waals surface area contributed by atoms with Crippen molar-refractivity contribution < 1.29 is 4.42 Å². The minimum absolute atomic E-state index is 0. The molecule has 1 aromatic rings. The molecule has 0 spiro atoms. The smallest absolute Gasteiger partial charge is 0.191 e. The summed E-state index contributed by atoms with van der Waals surface area (Å²) in [6, 6.07) is 4.70. The van der Waals surface area contributed by atoms with Crippen LogP contribution in [0.1, 0.15) is 58.8 Å². The lowest BCUT2D eigenvalue weighted by Crippen LogP contribution is -2.49. The highest BCUT2D eigenvalue weighted by Crippen LogP contribution is 2.21. The molecule has 0 aliphatic carbocycles. The van der Waals surface area contributed by atoms with Crippen LogP contribution < -0.4 is 10.6 Å². The number of hydrogen-bond acceptors (Lipinski definition) is 4. The van der Waals surface area contributed by atoms with Crippen molar-refractivity contribution in [3.05, 3.63) is 24.2 Å². The monoisotopic (exact) mass is 505 g/mol. The van der Waals surface area contributed by atoms with E-state index in [1.807, 2.05) is 6.07 Å². The van der Waals surface area contributed by atoms with Crippen molar-refractivity contribution in [2.45, 2.75) is 59.0 Å². The summed E-state index contributed by atoms with van der Waals surface area (Å²) in [5, 5.41) is 7.08. The molecule has 1 aliphatic rings. The maximum atomic E-state index is 5.70. The molecule has 2 heterocycles. The van der Waals surface area contributed by atoms with E-state index in [2.05, 4.69) is 54.2 Å². The highest BCUT2D eigenvalue weighted by atomic mass is 127. The second-order valence-corrected chi connectivity index (χ2v) is 7.23. The summed E-state index contributed by atoms with van der Waals surface area (Å²) in [6.07, 6.45) is 5.36. The molecule has 1 unspecified atom stereocenters. The summed E-state index contributed by atoms with van der Waals surface area (Å²) in [5.41, 5.74) is 0. The molecule has 0 saturated carbocycles. The second-order valence-electron chi connectivity index (χ2n) is 7.23. The van der Waals surface area contributed by atoms with Gasteiger partial charge in [0.1, 0.15) is 5.76 Å². The molecule has 0 aromatic carbocycles. The maximum absolute atomic E-state index is 5.70. The van der Waals surface area contributed by atoms with Gasteiger partial charge in [0, 0.05) is 25.7 Å². The van der Waals surface area contributed by atoms with Gasteiger partial charge in [-0.3, -0.25) is 9.89 Å². The third kappa shape index (κ3) is 7.91. The number of likely N-dealkylation sites (tertiary alicyclic amines) is 1. The first-order chi connectivity index (χ1) is 13.2. The van der Waals surface area contributed by atoms with Crippen molar-refractivity contribution in [1.82, 2.24) is 20.4 Å². The Labute approximate surface area is 188 Å². The Kier molecular flexibility index (Phi) is 12.8. The predicted molar refractivity (Wildman–Crippen MR) is 129 cm³/mol. The second kappa shape index (κ2) is 14.2. The minimum Gasteiger partial charge on any atom is -0.468 e. The Morgan fingerprint density at radius 2 is 1.96 bits per heavy atom. The molecule has 6 nitrogen and oxygen atoms in total. The van der Waals surface area contributed by atoms with Gasteiger partial charge in [-0.15, -0.1) is 24.0 Å². The minimum atomic E-state index is 0. The number of likely N-dealkylation sites (N-methyl/N-ethyl adjacent to an activating group) is 1. The van der Waals surface area contributed by atoms with Crippen molar-refractivity contribution in [2.24, 2.45) is 4.99 Å². The van der Waals surface area contributed by atoms with Crippen LogP contribution in [0, 0.1) is 0 Å². The number of furan rings is 1. The van der Waals surface area contributed by atoms with Crippen LogP contribution in [0.25, 0.3) is 0 Å². The van der Waals surface area contributed by atoms with E-state index in [4.69, 9.17) is 9.41 Å². The fraction of sp³-hybridized carbons (Fsp3) is 0.762. The molecular formula is C21H40IN5O. The fourth-order valence-corrected chi connectivity index (χ4v) is 3.84. The zero-order chi connectivity index (χ0) is 19.5. The van der Waals surface area contributed by atoms with Gasteiger partial charge in [-0.1, -0.05) is 20.8 Å². The van der Waals surface area contributed by atoms with E-state index in [0.717, 1.165) is 31.4 Å². The topological polar surface area (TPSA) is 56.0 Å².